The van der Waals surface area contributed by atoms with E-state index in [1.807, 2.05) is 37.5 Å². The number of pyridine rings is 1. The zero-order valence-electron chi connectivity index (χ0n) is 13.6. The van der Waals surface area contributed by atoms with E-state index in [1.165, 1.54) is 0 Å². The minimum Gasteiger partial charge on any atom is -0.379 e. The summed E-state index contributed by atoms with van der Waals surface area (Å²) < 4.78 is 5.50. The first-order valence-electron chi connectivity index (χ1n) is 8.04. The molecule has 1 aliphatic heterocycles. The number of hydrogen-bond acceptors (Lipinski definition) is 6. The Balaban J connectivity index is 1.71. The molecule has 1 fully saturated rings. The summed E-state index contributed by atoms with van der Waals surface area (Å²) in [6.45, 7) is 3.71. The molecule has 1 saturated heterocycles. The molecule has 0 amide bonds. The third-order valence-corrected chi connectivity index (χ3v) is 4.22. The second kappa shape index (κ2) is 7.37. The number of nitrogens with zero attached hydrogens (tertiary/aromatic N) is 4. The van der Waals surface area contributed by atoms with Gasteiger partial charge in [0.05, 0.1) is 24.4 Å². The maximum atomic E-state index is 5.50. The van der Waals surface area contributed by atoms with Gasteiger partial charge in [-0.15, -0.1) is 0 Å². The van der Waals surface area contributed by atoms with Crippen LogP contribution in [0.5, 0.6) is 0 Å². The van der Waals surface area contributed by atoms with Crippen LogP contribution in [0, 0.1) is 0 Å². The molecule has 1 N–H and O–H groups in total. The monoisotopic (exact) mass is 313 g/mol. The summed E-state index contributed by atoms with van der Waals surface area (Å²) in [5.74, 6) is 1.71. The van der Waals surface area contributed by atoms with E-state index in [4.69, 9.17) is 4.74 Å². The predicted octanol–water partition coefficient (Wildman–Crippen LogP) is 2.66. The molecule has 0 saturated carbocycles. The van der Waals surface area contributed by atoms with Gasteiger partial charge < -0.3 is 15.0 Å². The Labute approximate surface area is 136 Å². The highest BCUT2D eigenvalue weighted by atomic mass is 16.5. The Morgan fingerprint density at radius 1 is 1.30 bits per heavy atom. The van der Waals surface area contributed by atoms with Gasteiger partial charge in [0, 0.05) is 25.9 Å². The highest BCUT2D eigenvalue weighted by Gasteiger charge is 2.17. The molecule has 0 unspecified atom stereocenters. The van der Waals surface area contributed by atoms with E-state index < -0.39 is 0 Å². The van der Waals surface area contributed by atoms with Crippen LogP contribution >= 0.6 is 0 Å². The maximum absolute atomic E-state index is 5.50. The Bertz CT molecular complexity index is 615. The number of rotatable bonds is 5. The normalized spacial score (nSPS) is 19.1. The Hall–Kier alpha value is -2.21. The average Bonchev–Trinajstić information content (AvgIpc) is 2.62. The van der Waals surface area contributed by atoms with E-state index in [2.05, 4.69) is 32.1 Å². The van der Waals surface area contributed by atoms with Gasteiger partial charge in [0.25, 0.3) is 0 Å². The second-order valence-electron chi connectivity index (χ2n) is 5.86. The van der Waals surface area contributed by atoms with Crippen LogP contribution in [0.25, 0.3) is 0 Å². The lowest BCUT2D eigenvalue weighted by molar-refractivity contribution is 0.0875. The molecule has 0 spiro atoms. The van der Waals surface area contributed by atoms with Gasteiger partial charge in [-0.05, 0) is 31.9 Å². The zero-order chi connectivity index (χ0) is 16.1. The number of nitrogens with one attached hydrogen (secondary N) is 1. The van der Waals surface area contributed by atoms with Crippen LogP contribution in [0.2, 0.25) is 0 Å². The summed E-state index contributed by atoms with van der Waals surface area (Å²) in [6, 6.07) is 8.40. The van der Waals surface area contributed by atoms with Gasteiger partial charge in [-0.1, -0.05) is 6.07 Å². The first-order valence-corrected chi connectivity index (χ1v) is 8.04. The maximum Gasteiger partial charge on any atom is 0.134 e. The van der Waals surface area contributed by atoms with Gasteiger partial charge in [0.2, 0.25) is 0 Å². The van der Waals surface area contributed by atoms with Gasteiger partial charge in [-0.3, -0.25) is 4.98 Å². The van der Waals surface area contributed by atoms with E-state index in [-0.39, 0.29) is 6.04 Å². The SMILES string of the molecule is C[C@H](c1ccccn1)N(C)c1cc(N[C@H]2CCCOC2)ncn1. The van der Waals surface area contributed by atoms with Gasteiger partial charge in [0.1, 0.15) is 18.0 Å². The molecule has 0 aliphatic carbocycles. The van der Waals surface area contributed by atoms with E-state index in [1.54, 1.807) is 6.33 Å². The van der Waals surface area contributed by atoms with E-state index in [9.17, 15) is 0 Å². The van der Waals surface area contributed by atoms with Gasteiger partial charge >= 0.3 is 0 Å². The van der Waals surface area contributed by atoms with E-state index in [0.717, 1.165) is 43.4 Å². The van der Waals surface area contributed by atoms with Gasteiger partial charge in [-0.2, -0.15) is 0 Å². The molecule has 1 aliphatic rings. The van der Waals surface area contributed by atoms with Crippen molar-refractivity contribution in [3.8, 4) is 0 Å². The molecule has 6 nitrogen and oxygen atoms in total. The van der Waals surface area contributed by atoms with Crippen molar-refractivity contribution in [1.82, 2.24) is 15.0 Å². The lowest BCUT2D eigenvalue weighted by atomic mass is 10.1. The smallest absolute Gasteiger partial charge is 0.134 e. The third kappa shape index (κ3) is 3.96. The Kier molecular flexibility index (Phi) is 5.02. The Morgan fingerprint density at radius 3 is 2.96 bits per heavy atom. The van der Waals surface area contributed by atoms with Crippen LogP contribution in [0.3, 0.4) is 0 Å². The average molecular weight is 313 g/mol. The topological polar surface area (TPSA) is 63.2 Å². The van der Waals surface area contributed by atoms with Crippen LogP contribution < -0.4 is 10.2 Å². The molecule has 0 bridgehead atoms. The van der Waals surface area contributed by atoms with Gasteiger partial charge in [0.15, 0.2) is 0 Å². The summed E-state index contributed by atoms with van der Waals surface area (Å²) in [5, 5.41) is 3.44. The number of hydrogen-bond donors (Lipinski definition) is 1. The summed E-state index contributed by atoms with van der Waals surface area (Å²) >= 11 is 0. The highest BCUT2D eigenvalue weighted by Crippen LogP contribution is 2.23. The molecule has 2 atom stereocenters. The van der Waals surface area contributed by atoms with Crippen molar-refractivity contribution in [2.45, 2.75) is 31.8 Å². The van der Waals surface area contributed by atoms with Gasteiger partial charge in [-0.25, -0.2) is 9.97 Å². The van der Waals surface area contributed by atoms with Crippen molar-refractivity contribution < 1.29 is 4.74 Å². The molecular formula is C17H23N5O. The van der Waals surface area contributed by atoms with Crippen LogP contribution in [0.4, 0.5) is 11.6 Å². The lowest BCUT2D eigenvalue weighted by Gasteiger charge is -2.27. The van der Waals surface area contributed by atoms with Crippen LogP contribution in [-0.4, -0.2) is 41.3 Å². The predicted molar refractivity (Wildman–Crippen MR) is 90.6 cm³/mol. The fraction of sp³-hybridized carbons (Fsp3) is 0.471. The standard InChI is InChI=1S/C17H23N5O/c1-13(15-7-3-4-8-18-15)22(2)17-10-16(19-12-20-17)21-14-6-5-9-23-11-14/h3-4,7-8,10,12-14H,5-6,9,11H2,1-2H3,(H,19,20,21)/t13-,14+/m1/s1. The molecule has 122 valence electrons. The van der Waals surface area contributed by atoms with Crippen LogP contribution in [0.15, 0.2) is 36.8 Å². The van der Waals surface area contributed by atoms with Crippen molar-refractivity contribution in [2.24, 2.45) is 0 Å². The van der Waals surface area contributed by atoms with Crippen molar-refractivity contribution >= 4 is 11.6 Å². The highest BCUT2D eigenvalue weighted by molar-refractivity contribution is 5.49. The first kappa shape index (κ1) is 15.7. The molecule has 2 aromatic rings. The minimum atomic E-state index is 0.136. The molecule has 3 heterocycles. The minimum absolute atomic E-state index is 0.136. The van der Waals surface area contributed by atoms with Crippen molar-refractivity contribution in [1.29, 1.82) is 0 Å². The number of ether oxygens (including phenoxy) is 1. The molecule has 0 radical (unpaired) electrons. The molecule has 0 aromatic carbocycles. The Morgan fingerprint density at radius 2 is 2.22 bits per heavy atom. The number of aromatic nitrogens is 3. The van der Waals surface area contributed by atoms with Crippen molar-refractivity contribution in [3.63, 3.8) is 0 Å². The number of anilines is 2. The molecular weight excluding hydrogens is 290 g/mol. The first-order chi connectivity index (χ1) is 11.2. The summed E-state index contributed by atoms with van der Waals surface area (Å²) in [6.07, 6.45) is 5.62. The molecule has 23 heavy (non-hydrogen) atoms. The largest absolute Gasteiger partial charge is 0.379 e. The summed E-state index contributed by atoms with van der Waals surface area (Å²) in [4.78, 5) is 15.3. The third-order valence-electron chi connectivity index (χ3n) is 4.22. The zero-order valence-corrected chi connectivity index (χ0v) is 13.6. The molecule has 2 aromatic heterocycles. The van der Waals surface area contributed by atoms with Crippen molar-refractivity contribution in [2.75, 3.05) is 30.5 Å². The fourth-order valence-electron chi connectivity index (χ4n) is 2.70. The summed E-state index contributed by atoms with van der Waals surface area (Å²) in [7, 11) is 2.02. The summed E-state index contributed by atoms with van der Waals surface area (Å²) in [5.41, 5.74) is 1.02. The van der Waals surface area contributed by atoms with Crippen LogP contribution in [-0.2, 0) is 4.74 Å². The molecule has 6 heteroatoms. The fourth-order valence-corrected chi connectivity index (χ4v) is 2.70. The van der Waals surface area contributed by atoms with Crippen LogP contribution in [0.1, 0.15) is 31.5 Å². The lowest BCUT2D eigenvalue weighted by Crippen LogP contribution is -2.30. The van der Waals surface area contributed by atoms with E-state index in [0.29, 0.717) is 6.04 Å². The second-order valence-corrected chi connectivity index (χ2v) is 5.86. The van der Waals surface area contributed by atoms with E-state index >= 15 is 0 Å². The van der Waals surface area contributed by atoms with Crippen molar-refractivity contribution in [3.05, 3.63) is 42.5 Å². The molecule has 3 rings (SSSR count). The quantitative estimate of drug-likeness (QED) is 0.915.